The molecular formula is C16H21N3O3. The fourth-order valence-corrected chi connectivity index (χ4v) is 2.42. The van der Waals surface area contributed by atoms with E-state index in [9.17, 15) is 0 Å². The predicted molar refractivity (Wildman–Crippen MR) is 80.7 cm³/mol. The van der Waals surface area contributed by atoms with Crippen LogP contribution in [0.4, 0.5) is 0 Å². The summed E-state index contributed by atoms with van der Waals surface area (Å²) in [6.07, 6.45) is 1.86. The molecule has 3 rings (SSSR count). The van der Waals surface area contributed by atoms with E-state index in [0.29, 0.717) is 12.7 Å². The molecule has 0 saturated heterocycles. The van der Waals surface area contributed by atoms with Crippen molar-refractivity contribution in [2.45, 2.75) is 39.3 Å². The number of hydrogen-bond acceptors (Lipinski definition) is 6. The molecule has 118 valence electrons. The van der Waals surface area contributed by atoms with Crippen LogP contribution in [0.1, 0.15) is 43.6 Å². The summed E-state index contributed by atoms with van der Waals surface area (Å²) in [6, 6.07) is 6.07. The first-order chi connectivity index (χ1) is 10.7. The van der Waals surface area contributed by atoms with Gasteiger partial charge < -0.3 is 14.0 Å². The molecule has 1 aromatic heterocycles. The second kappa shape index (κ2) is 6.36. The van der Waals surface area contributed by atoms with Crippen LogP contribution in [-0.4, -0.2) is 28.9 Å². The molecule has 2 aromatic rings. The van der Waals surface area contributed by atoms with Crippen LogP contribution >= 0.6 is 0 Å². The van der Waals surface area contributed by atoms with Gasteiger partial charge in [0, 0.05) is 13.0 Å². The van der Waals surface area contributed by atoms with Crippen molar-refractivity contribution in [2.75, 3.05) is 13.8 Å². The zero-order valence-electron chi connectivity index (χ0n) is 13.2. The van der Waals surface area contributed by atoms with E-state index in [1.807, 2.05) is 25.2 Å². The molecule has 2 heterocycles. The van der Waals surface area contributed by atoms with E-state index < -0.39 is 0 Å². The average Bonchev–Trinajstić information content (AvgIpc) is 3.15. The van der Waals surface area contributed by atoms with Crippen LogP contribution < -0.4 is 9.47 Å². The average molecular weight is 303 g/mol. The standard InChI is InChI=1S/C16H21N3O3/c1-4-5-15-17-16(22-18-15)11(2)19(3)9-12-6-7-13-14(8-12)21-10-20-13/h6-8,11H,4-5,9-10H2,1-3H3/t11-/m1/s1. The summed E-state index contributed by atoms with van der Waals surface area (Å²) in [5, 5.41) is 4.01. The monoisotopic (exact) mass is 303 g/mol. The van der Waals surface area contributed by atoms with Crippen LogP contribution in [-0.2, 0) is 13.0 Å². The topological polar surface area (TPSA) is 60.6 Å². The van der Waals surface area contributed by atoms with E-state index in [1.165, 1.54) is 0 Å². The van der Waals surface area contributed by atoms with Gasteiger partial charge >= 0.3 is 0 Å². The smallest absolute Gasteiger partial charge is 0.243 e. The first-order valence-electron chi connectivity index (χ1n) is 7.58. The van der Waals surface area contributed by atoms with Gasteiger partial charge in [0.05, 0.1) is 6.04 Å². The Hall–Kier alpha value is -2.08. The number of fused-ring (bicyclic) bond motifs is 1. The largest absolute Gasteiger partial charge is 0.454 e. The van der Waals surface area contributed by atoms with Crippen molar-refractivity contribution in [1.82, 2.24) is 15.0 Å². The lowest BCUT2D eigenvalue weighted by Gasteiger charge is -2.21. The summed E-state index contributed by atoms with van der Waals surface area (Å²) in [6.45, 7) is 5.23. The second-order valence-electron chi connectivity index (χ2n) is 5.58. The Morgan fingerprint density at radius 1 is 1.27 bits per heavy atom. The highest BCUT2D eigenvalue weighted by atomic mass is 16.7. The molecule has 0 unspecified atom stereocenters. The molecule has 0 spiro atoms. The summed E-state index contributed by atoms with van der Waals surface area (Å²) >= 11 is 0. The number of nitrogens with zero attached hydrogens (tertiary/aromatic N) is 3. The third-order valence-electron chi connectivity index (χ3n) is 3.84. The zero-order valence-corrected chi connectivity index (χ0v) is 13.2. The molecule has 0 fully saturated rings. The van der Waals surface area contributed by atoms with Gasteiger partial charge in [0.25, 0.3) is 0 Å². The van der Waals surface area contributed by atoms with Gasteiger partial charge in [0.1, 0.15) is 0 Å². The third-order valence-corrected chi connectivity index (χ3v) is 3.84. The molecule has 0 aliphatic carbocycles. The van der Waals surface area contributed by atoms with E-state index in [2.05, 4.69) is 28.9 Å². The molecule has 0 saturated carbocycles. The highest BCUT2D eigenvalue weighted by molar-refractivity contribution is 5.44. The molecule has 1 aliphatic rings. The van der Waals surface area contributed by atoms with Crippen molar-refractivity contribution < 1.29 is 14.0 Å². The summed E-state index contributed by atoms with van der Waals surface area (Å²) in [5.41, 5.74) is 1.16. The molecule has 0 N–H and O–H groups in total. The van der Waals surface area contributed by atoms with Crippen LogP contribution in [0.3, 0.4) is 0 Å². The van der Waals surface area contributed by atoms with Crippen LogP contribution in [0.5, 0.6) is 11.5 Å². The fraction of sp³-hybridized carbons (Fsp3) is 0.500. The molecule has 0 radical (unpaired) electrons. The number of ether oxygens (including phenoxy) is 2. The summed E-state index contributed by atoms with van der Waals surface area (Å²) < 4.78 is 16.1. The maximum Gasteiger partial charge on any atom is 0.243 e. The van der Waals surface area contributed by atoms with Crippen molar-refractivity contribution in [3.05, 3.63) is 35.5 Å². The second-order valence-corrected chi connectivity index (χ2v) is 5.58. The Kier molecular flexibility index (Phi) is 4.29. The molecule has 0 amide bonds. The quantitative estimate of drug-likeness (QED) is 0.817. The van der Waals surface area contributed by atoms with Gasteiger partial charge in [-0.2, -0.15) is 4.98 Å². The van der Waals surface area contributed by atoms with Gasteiger partial charge in [-0.15, -0.1) is 0 Å². The van der Waals surface area contributed by atoms with Gasteiger partial charge in [-0.3, -0.25) is 4.90 Å². The van der Waals surface area contributed by atoms with E-state index in [-0.39, 0.29) is 6.04 Å². The SMILES string of the molecule is CCCc1noc([C@@H](C)N(C)Cc2ccc3c(c2)OCO3)n1. The van der Waals surface area contributed by atoms with E-state index in [0.717, 1.165) is 42.3 Å². The summed E-state index contributed by atoms with van der Waals surface area (Å²) in [5.74, 6) is 3.05. The van der Waals surface area contributed by atoms with Crippen LogP contribution in [0.25, 0.3) is 0 Å². The first kappa shape index (κ1) is 14.8. The van der Waals surface area contributed by atoms with Crippen molar-refractivity contribution in [1.29, 1.82) is 0 Å². The molecule has 6 heteroatoms. The van der Waals surface area contributed by atoms with Gasteiger partial charge in [-0.05, 0) is 38.1 Å². The Morgan fingerprint density at radius 3 is 2.91 bits per heavy atom. The lowest BCUT2D eigenvalue weighted by atomic mass is 10.1. The maximum atomic E-state index is 5.41. The lowest BCUT2D eigenvalue weighted by molar-refractivity contribution is 0.173. The van der Waals surface area contributed by atoms with E-state index in [4.69, 9.17) is 14.0 Å². The normalized spacial score (nSPS) is 14.5. The van der Waals surface area contributed by atoms with Crippen LogP contribution in [0.15, 0.2) is 22.7 Å². The first-order valence-corrected chi connectivity index (χ1v) is 7.58. The number of aryl methyl sites for hydroxylation is 1. The molecule has 1 aromatic carbocycles. The highest BCUT2D eigenvalue weighted by Crippen LogP contribution is 2.33. The zero-order chi connectivity index (χ0) is 15.5. The van der Waals surface area contributed by atoms with Gasteiger partial charge in [0.2, 0.25) is 12.7 Å². The van der Waals surface area contributed by atoms with Gasteiger partial charge in [0.15, 0.2) is 17.3 Å². The molecule has 22 heavy (non-hydrogen) atoms. The van der Waals surface area contributed by atoms with Crippen molar-refractivity contribution in [3.8, 4) is 11.5 Å². The van der Waals surface area contributed by atoms with E-state index >= 15 is 0 Å². The van der Waals surface area contributed by atoms with Crippen molar-refractivity contribution in [2.24, 2.45) is 0 Å². The molecule has 1 atom stereocenters. The molecular weight excluding hydrogens is 282 g/mol. The van der Waals surface area contributed by atoms with Gasteiger partial charge in [-0.25, -0.2) is 0 Å². The molecule has 6 nitrogen and oxygen atoms in total. The Labute approximate surface area is 130 Å². The van der Waals surface area contributed by atoms with Gasteiger partial charge in [-0.1, -0.05) is 18.1 Å². The number of benzene rings is 1. The number of rotatable bonds is 6. The minimum Gasteiger partial charge on any atom is -0.454 e. The lowest BCUT2D eigenvalue weighted by Crippen LogP contribution is -2.22. The Bertz CT molecular complexity index is 641. The summed E-state index contributed by atoms with van der Waals surface area (Å²) in [7, 11) is 2.04. The van der Waals surface area contributed by atoms with Crippen molar-refractivity contribution >= 4 is 0 Å². The fourth-order valence-electron chi connectivity index (χ4n) is 2.42. The van der Waals surface area contributed by atoms with Crippen LogP contribution in [0.2, 0.25) is 0 Å². The summed E-state index contributed by atoms with van der Waals surface area (Å²) in [4.78, 5) is 6.62. The minimum atomic E-state index is 0.0588. The Balaban J connectivity index is 1.66. The molecule has 0 bridgehead atoms. The highest BCUT2D eigenvalue weighted by Gasteiger charge is 2.20. The third kappa shape index (κ3) is 3.06. The van der Waals surface area contributed by atoms with E-state index in [1.54, 1.807) is 0 Å². The predicted octanol–water partition coefficient (Wildman–Crippen LogP) is 2.94. The minimum absolute atomic E-state index is 0.0588. The number of hydrogen-bond donors (Lipinski definition) is 0. The molecule has 1 aliphatic heterocycles. The maximum absolute atomic E-state index is 5.41. The van der Waals surface area contributed by atoms with Crippen molar-refractivity contribution in [3.63, 3.8) is 0 Å². The number of aromatic nitrogens is 2. The Morgan fingerprint density at radius 2 is 2.09 bits per heavy atom. The van der Waals surface area contributed by atoms with Crippen LogP contribution in [0, 0.1) is 0 Å².